The van der Waals surface area contributed by atoms with E-state index in [4.69, 9.17) is 0 Å². The summed E-state index contributed by atoms with van der Waals surface area (Å²) >= 11 is 0. The highest BCUT2D eigenvalue weighted by molar-refractivity contribution is 5.65. The third-order valence-electron chi connectivity index (χ3n) is 3.71. The zero-order valence-electron chi connectivity index (χ0n) is 12.8. The van der Waals surface area contributed by atoms with Crippen molar-refractivity contribution in [2.75, 3.05) is 18.1 Å². The largest absolute Gasteiger partial charge is 0.395 e. The first-order valence-electron chi connectivity index (χ1n) is 7.30. The van der Waals surface area contributed by atoms with E-state index in [9.17, 15) is 20.3 Å². The Labute approximate surface area is 125 Å². The van der Waals surface area contributed by atoms with Gasteiger partial charge in [-0.15, -0.1) is 0 Å². The quantitative estimate of drug-likeness (QED) is 0.569. The summed E-state index contributed by atoms with van der Waals surface area (Å²) in [7, 11) is 0. The molecule has 2 N–H and O–H groups in total. The van der Waals surface area contributed by atoms with Crippen LogP contribution in [0.2, 0.25) is 0 Å². The smallest absolute Gasteiger partial charge is 0.292 e. The Balaban J connectivity index is 3.32. The summed E-state index contributed by atoms with van der Waals surface area (Å²) in [6.45, 7) is 5.90. The second-order valence-electron chi connectivity index (χ2n) is 5.07. The van der Waals surface area contributed by atoms with Crippen molar-refractivity contribution in [2.45, 2.75) is 45.8 Å². The van der Waals surface area contributed by atoms with Crippen molar-refractivity contribution in [3.05, 3.63) is 33.9 Å². The normalized spacial score (nSPS) is 12.5. The fourth-order valence-electron chi connectivity index (χ4n) is 2.53. The third kappa shape index (κ3) is 4.15. The van der Waals surface area contributed by atoms with E-state index < -0.39 is 11.0 Å². The molecular formula is C15H24N2O4. The lowest BCUT2D eigenvalue weighted by Crippen LogP contribution is -2.37. The van der Waals surface area contributed by atoms with Crippen LogP contribution < -0.4 is 4.90 Å². The minimum absolute atomic E-state index is 0.0336. The number of hydrogen-bond acceptors (Lipinski definition) is 5. The number of benzene rings is 1. The summed E-state index contributed by atoms with van der Waals surface area (Å²) in [6, 6.07) is 4.90. The summed E-state index contributed by atoms with van der Waals surface area (Å²) in [5, 5.41) is 30.2. The standard InChI is InChI=1S/C15H24N2O4/c1-4-13(5-2)16(8-9-18)14-7-6-12(11(3)19)10-15(14)17(20)21/h6-7,10-11,13,18-19H,4-5,8-9H2,1-3H3/t11-/m1/s1. The second kappa shape index (κ2) is 7.95. The van der Waals surface area contributed by atoms with Crippen LogP contribution in [0.3, 0.4) is 0 Å². The topological polar surface area (TPSA) is 86.8 Å². The molecule has 0 amide bonds. The second-order valence-corrected chi connectivity index (χ2v) is 5.07. The molecule has 0 aliphatic heterocycles. The lowest BCUT2D eigenvalue weighted by molar-refractivity contribution is -0.384. The maximum absolute atomic E-state index is 11.3. The fraction of sp³-hybridized carbons (Fsp3) is 0.600. The van der Waals surface area contributed by atoms with Crippen molar-refractivity contribution in [1.82, 2.24) is 0 Å². The molecule has 118 valence electrons. The lowest BCUT2D eigenvalue weighted by atomic mass is 10.1. The van der Waals surface area contributed by atoms with Gasteiger partial charge < -0.3 is 15.1 Å². The van der Waals surface area contributed by atoms with Crippen LogP contribution in [0, 0.1) is 10.1 Å². The molecule has 0 saturated carbocycles. The van der Waals surface area contributed by atoms with Gasteiger partial charge in [-0.05, 0) is 31.4 Å². The zero-order valence-corrected chi connectivity index (χ0v) is 12.8. The number of nitrogens with zero attached hydrogens (tertiary/aromatic N) is 2. The van der Waals surface area contributed by atoms with Crippen molar-refractivity contribution < 1.29 is 15.1 Å². The molecule has 21 heavy (non-hydrogen) atoms. The van der Waals surface area contributed by atoms with Gasteiger partial charge in [0.1, 0.15) is 5.69 Å². The Morgan fingerprint density at radius 2 is 1.95 bits per heavy atom. The van der Waals surface area contributed by atoms with Gasteiger partial charge in [-0.1, -0.05) is 19.9 Å². The Morgan fingerprint density at radius 3 is 2.38 bits per heavy atom. The van der Waals surface area contributed by atoms with Gasteiger partial charge in [-0.3, -0.25) is 10.1 Å². The molecule has 0 aliphatic rings. The highest BCUT2D eigenvalue weighted by atomic mass is 16.6. The van der Waals surface area contributed by atoms with E-state index in [0.717, 1.165) is 12.8 Å². The van der Waals surface area contributed by atoms with Crippen molar-refractivity contribution in [3.8, 4) is 0 Å². The van der Waals surface area contributed by atoms with Crippen molar-refractivity contribution in [1.29, 1.82) is 0 Å². The van der Waals surface area contributed by atoms with E-state index in [2.05, 4.69) is 0 Å². The van der Waals surface area contributed by atoms with Crippen LogP contribution in [0.1, 0.15) is 45.3 Å². The molecule has 1 aromatic rings. The van der Waals surface area contributed by atoms with E-state index in [1.54, 1.807) is 19.1 Å². The molecule has 0 saturated heterocycles. The van der Waals surface area contributed by atoms with E-state index in [0.29, 0.717) is 17.8 Å². The van der Waals surface area contributed by atoms with Crippen molar-refractivity contribution in [3.63, 3.8) is 0 Å². The minimum atomic E-state index is -0.753. The Kier molecular flexibility index (Phi) is 6.58. The summed E-state index contributed by atoms with van der Waals surface area (Å²) in [5.74, 6) is 0. The Morgan fingerprint density at radius 1 is 1.33 bits per heavy atom. The number of hydrogen-bond donors (Lipinski definition) is 2. The molecule has 1 aromatic carbocycles. The van der Waals surface area contributed by atoms with E-state index in [1.807, 2.05) is 18.7 Å². The van der Waals surface area contributed by atoms with E-state index in [-0.39, 0.29) is 18.3 Å². The van der Waals surface area contributed by atoms with Crippen LogP contribution in [-0.2, 0) is 0 Å². The zero-order chi connectivity index (χ0) is 16.0. The van der Waals surface area contributed by atoms with Gasteiger partial charge in [-0.2, -0.15) is 0 Å². The molecule has 0 unspecified atom stereocenters. The summed E-state index contributed by atoms with van der Waals surface area (Å²) in [5.41, 5.74) is 0.972. The molecule has 0 aliphatic carbocycles. The summed E-state index contributed by atoms with van der Waals surface area (Å²) in [4.78, 5) is 12.8. The molecule has 0 aromatic heterocycles. The molecule has 1 atom stereocenters. The summed E-state index contributed by atoms with van der Waals surface area (Å²) in [6.07, 6.45) is 0.926. The van der Waals surface area contributed by atoms with Gasteiger partial charge in [0.2, 0.25) is 0 Å². The SMILES string of the molecule is CCC(CC)N(CCO)c1ccc([C@@H](C)O)cc1[N+](=O)[O-]. The maximum Gasteiger partial charge on any atom is 0.292 e. The molecule has 0 radical (unpaired) electrons. The van der Waals surface area contributed by atoms with Gasteiger partial charge >= 0.3 is 0 Å². The number of nitro groups is 1. The van der Waals surface area contributed by atoms with E-state index in [1.165, 1.54) is 6.07 Å². The average Bonchev–Trinajstić information content (AvgIpc) is 2.46. The molecule has 6 nitrogen and oxygen atoms in total. The highest BCUT2D eigenvalue weighted by Gasteiger charge is 2.24. The first-order chi connectivity index (χ1) is 9.96. The fourth-order valence-corrected chi connectivity index (χ4v) is 2.53. The first-order valence-corrected chi connectivity index (χ1v) is 7.30. The van der Waals surface area contributed by atoms with Gasteiger partial charge in [-0.25, -0.2) is 0 Å². The number of aliphatic hydroxyl groups is 2. The summed E-state index contributed by atoms with van der Waals surface area (Å²) < 4.78 is 0. The Bertz CT molecular complexity index is 473. The predicted octanol–water partition coefficient (Wildman–Crippen LogP) is 2.64. The third-order valence-corrected chi connectivity index (χ3v) is 3.71. The lowest BCUT2D eigenvalue weighted by Gasteiger charge is -2.32. The predicted molar refractivity (Wildman–Crippen MR) is 82.5 cm³/mol. The monoisotopic (exact) mass is 296 g/mol. The first kappa shape index (κ1) is 17.4. The molecule has 0 spiro atoms. The molecule has 1 rings (SSSR count). The average molecular weight is 296 g/mol. The van der Waals surface area contributed by atoms with Gasteiger partial charge in [0.15, 0.2) is 0 Å². The molecule has 0 fully saturated rings. The molecule has 0 bridgehead atoms. The maximum atomic E-state index is 11.3. The molecule has 0 heterocycles. The minimum Gasteiger partial charge on any atom is -0.395 e. The number of nitro benzene ring substituents is 1. The van der Waals surface area contributed by atoms with Gasteiger partial charge in [0, 0.05) is 18.7 Å². The number of anilines is 1. The number of rotatable bonds is 8. The van der Waals surface area contributed by atoms with Crippen LogP contribution in [0.4, 0.5) is 11.4 Å². The molecule has 6 heteroatoms. The van der Waals surface area contributed by atoms with Gasteiger partial charge in [0.05, 0.1) is 17.6 Å². The van der Waals surface area contributed by atoms with E-state index >= 15 is 0 Å². The highest BCUT2D eigenvalue weighted by Crippen LogP contribution is 2.33. The number of aliphatic hydroxyl groups excluding tert-OH is 2. The van der Waals surface area contributed by atoms with Crippen LogP contribution in [-0.4, -0.2) is 34.3 Å². The van der Waals surface area contributed by atoms with Crippen LogP contribution >= 0.6 is 0 Å². The van der Waals surface area contributed by atoms with Crippen LogP contribution in [0.15, 0.2) is 18.2 Å². The Hall–Kier alpha value is -1.66. The van der Waals surface area contributed by atoms with Crippen LogP contribution in [0.5, 0.6) is 0 Å². The van der Waals surface area contributed by atoms with Crippen molar-refractivity contribution >= 4 is 11.4 Å². The van der Waals surface area contributed by atoms with Crippen LogP contribution in [0.25, 0.3) is 0 Å². The molecular weight excluding hydrogens is 272 g/mol. The van der Waals surface area contributed by atoms with Gasteiger partial charge in [0.25, 0.3) is 5.69 Å². The van der Waals surface area contributed by atoms with Crippen molar-refractivity contribution in [2.24, 2.45) is 0 Å².